The van der Waals surface area contributed by atoms with Gasteiger partial charge in [0.25, 0.3) is 0 Å². The van der Waals surface area contributed by atoms with Crippen LogP contribution in [0.2, 0.25) is 0 Å². The number of rotatable bonds is 5. The second kappa shape index (κ2) is 12.6. The molecule has 0 aliphatic heterocycles. The van der Waals surface area contributed by atoms with Gasteiger partial charge in [0.2, 0.25) is 0 Å². The van der Waals surface area contributed by atoms with Crippen LogP contribution in [0.3, 0.4) is 0 Å². The first kappa shape index (κ1) is 32.8. The van der Waals surface area contributed by atoms with Crippen molar-refractivity contribution in [3.05, 3.63) is 211 Å². The van der Waals surface area contributed by atoms with Gasteiger partial charge in [-0.25, -0.2) is 0 Å². The van der Waals surface area contributed by atoms with Crippen LogP contribution in [0.5, 0.6) is 0 Å². The summed E-state index contributed by atoms with van der Waals surface area (Å²) >= 11 is 1.85. The van der Waals surface area contributed by atoms with E-state index in [1.165, 1.54) is 81.4 Å². The van der Waals surface area contributed by atoms with Gasteiger partial charge in [-0.15, -0.1) is 11.3 Å². The predicted octanol–water partition coefficient (Wildman–Crippen LogP) is 16.1. The van der Waals surface area contributed by atoms with E-state index in [0.29, 0.717) is 5.92 Å². The second-order valence-electron chi connectivity index (χ2n) is 15.9. The second-order valence-corrected chi connectivity index (χ2v) is 17.0. The molecule has 0 saturated heterocycles. The van der Waals surface area contributed by atoms with Gasteiger partial charge in [-0.05, 0) is 122 Å². The van der Waals surface area contributed by atoms with Crippen molar-refractivity contribution in [2.75, 3.05) is 4.90 Å². The fraction of sp³-hybridized carbons (Fsp3) is 0.0357. The lowest BCUT2D eigenvalue weighted by molar-refractivity contribution is 0.669. The number of benzene rings is 9. The zero-order valence-corrected chi connectivity index (χ0v) is 32.8. The standard InChI is InChI=1S/C56H35NOS/c1-2-11-34(12-3-1)35-21-24-38(25-22-35)57(49-18-10-20-53-56(49)47-17-8-9-19-52(47)59-53)39-26-28-45-44-27-23-37(32-50(44)58-51(45)33-39)41-29-30-46-42-15-6-7-16-43(42)48-31-36-13-4-5-14-40(36)54(41)55(46)48/h1-30,32-33,48H,31H2. The molecule has 0 saturated carbocycles. The lowest BCUT2D eigenvalue weighted by atomic mass is 9.75. The van der Waals surface area contributed by atoms with Crippen molar-refractivity contribution in [3.8, 4) is 44.5 Å². The third-order valence-electron chi connectivity index (χ3n) is 12.8. The van der Waals surface area contributed by atoms with E-state index in [9.17, 15) is 0 Å². The number of furan rings is 1. The third-order valence-corrected chi connectivity index (χ3v) is 13.9. The number of fused-ring (bicyclic) bond motifs is 11. The number of hydrogen-bond acceptors (Lipinski definition) is 3. The van der Waals surface area contributed by atoms with Crippen LogP contribution < -0.4 is 4.90 Å². The molecule has 3 heteroatoms. The van der Waals surface area contributed by atoms with Gasteiger partial charge in [-0.3, -0.25) is 0 Å². The summed E-state index contributed by atoms with van der Waals surface area (Å²) in [6.07, 6.45) is 1.03. The smallest absolute Gasteiger partial charge is 0.137 e. The van der Waals surface area contributed by atoms with Crippen LogP contribution in [0.15, 0.2) is 199 Å². The summed E-state index contributed by atoms with van der Waals surface area (Å²) in [7, 11) is 0. The van der Waals surface area contributed by atoms with Gasteiger partial charge in [0.1, 0.15) is 11.2 Å². The topological polar surface area (TPSA) is 16.4 Å². The fourth-order valence-electron chi connectivity index (χ4n) is 10.2. The van der Waals surface area contributed by atoms with E-state index in [4.69, 9.17) is 4.42 Å². The van der Waals surface area contributed by atoms with E-state index < -0.39 is 0 Å². The molecular formula is C56H35NOS. The summed E-state index contributed by atoms with van der Waals surface area (Å²) in [5.41, 5.74) is 19.7. The highest BCUT2D eigenvalue weighted by Crippen LogP contribution is 2.56. The Balaban J connectivity index is 0.968. The zero-order chi connectivity index (χ0) is 38.6. The van der Waals surface area contributed by atoms with Crippen LogP contribution in [-0.4, -0.2) is 0 Å². The minimum absolute atomic E-state index is 0.370. The van der Waals surface area contributed by atoms with Crippen molar-refractivity contribution in [2.45, 2.75) is 12.3 Å². The monoisotopic (exact) mass is 769 g/mol. The van der Waals surface area contributed by atoms with Crippen LogP contribution in [0.4, 0.5) is 17.1 Å². The summed E-state index contributed by atoms with van der Waals surface area (Å²) in [6.45, 7) is 0. The summed E-state index contributed by atoms with van der Waals surface area (Å²) in [6, 6.07) is 71.2. The quantitative estimate of drug-likeness (QED) is 0.173. The molecule has 276 valence electrons. The Kier molecular flexibility index (Phi) is 7.04. The molecular weight excluding hydrogens is 735 g/mol. The molecule has 59 heavy (non-hydrogen) atoms. The average molecular weight is 770 g/mol. The maximum Gasteiger partial charge on any atom is 0.137 e. The normalized spacial score (nSPS) is 13.9. The number of hydrogen-bond donors (Lipinski definition) is 0. The molecule has 0 N–H and O–H groups in total. The van der Waals surface area contributed by atoms with Crippen molar-refractivity contribution in [2.24, 2.45) is 0 Å². The highest BCUT2D eigenvalue weighted by molar-refractivity contribution is 7.26. The molecule has 2 nitrogen and oxygen atoms in total. The van der Waals surface area contributed by atoms with Crippen LogP contribution in [0, 0.1) is 0 Å². The molecule has 0 spiro atoms. The van der Waals surface area contributed by atoms with E-state index >= 15 is 0 Å². The largest absolute Gasteiger partial charge is 0.456 e. The van der Waals surface area contributed by atoms with Gasteiger partial charge in [-0.2, -0.15) is 0 Å². The average Bonchev–Trinajstić information content (AvgIpc) is 3.97. The fourth-order valence-corrected chi connectivity index (χ4v) is 11.3. The molecule has 1 atom stereocenters. The van der Waals surface area contributed by atoms with Gasteiger partial charge in [0, 0.05) is 54.3 Å². The highest BCUT2D eigenvalue weighted by Gasteiger charge is 2.36. The van der Waals surface area contributed by atoms with Gasteiger partial charge in [-0.1, -0.05) is 133 Å². The molecule has 1 unspecified atom stereocenters. The highest BCUT2D eigenvalue weighted by atomic mass is 32.1. The lowest BCUT2D eigenvalue weighted by Crippen LogP contribution is -2.10. The molecule has 2 aromatic heterocycles. The van der Waals surface area contributed by atoms with Crippen LogP contribution in [0.25, 0.3) is 86.6 Å². The molecule has 0 radical (unpaired) electrons. The minimum Gasteiger partial charge on any atom is -0.456 e. The Bertz CT molecular complexity index is 3480. The molecule has 0 amide bonds. The maximum atomic E-state index is 6.89. The van der Waals surface area contributed by atoms with E-state index in [-0.39, 0.29) is 0 Å². The van der Waals surface area contributed by atoms with E-state index in [1.807, 2.05) is 11.3 Å². The lowest BCUT2D eigenvalue weighted by Gasteiger charge is -2.28. The van der Waals surface area contributed by atoms with Gasteiger partial charge >= 0.3 is 0 Å². The SMILES string of the molecule is c1ccc(-c2ccc(N(c3ccc4c(c3)oc3cc(-c5ccc6c7c5-c5ccccc5CC7c5ccccc5-6)ccc34)c3cccc4sc5ccccc5c34)cc2)cc1. The molecule has 2 aliphatic rings. The van der Waals surface area contributed by atoms with Crippen LogP contribution in [-0.2, 0) is 6.42 Å². The summed E-state index contributed by atoms with van der Waals surface area (Å²) in [4.78, 5) is 2.40. The van der Waals surface area contributed by atoms with Crippen molar-refractivity contribution >= 4 is 70.5 Å². The summed E-state index contributed by atoms with van der Waals surface area (Å²) in [5, 5.41) is 4.78. The first-order chi connectivity index (χ1) is 29.2. The molecule has 13 rings (SSSR count). The Morgan fingerprint density at radius 1 is 0.458 bits per heavy atom. The van der Waals surface area contributed by atoms with Crippen LogP contribution >= 0.6 is 11.3 Å². The predicted molar refractivity (Wildman–Crippen MR) is 249 cm³/mol. The first-order valence-electron chi connectivity index (χ1n) is 20.4. The van der Waals surface area contributed by atoms with E-state index in [1.54, 1.807) is 0 Å². The van der Waals surface area contributed by atoms with Gasteiger partial charge < -0.3 is 9.32 Å². The molecule has 11 aromatic rings. The first-order valence-corrected chi connectivity index (χ1v) is 21.2. The van der Waals surface area contributed by atoms with E-state index in [0.717, 1.165) is 45.4 Å². The van der Waals surface area contributed by atoms with Crippen molar-refractivity contribution < 1.29 is 4.42 Å². The minimum atomic E-state index is 0.370. The maximum absolute atomic E-state index is 6.89. The Labute approximate surface area is 345 Å². The summed E-state index contributed by atoms with van der Waals surface area (Å²) < 4.78 is 9.46. The van der Waals surface area contributed by atoms with Crippen molar-refractivity contribution in [1.29, 1.82) is 0 Å². The Morgan fingerprint density at radius 2 is 1.14 bits per heavy atom. The molecule has 2 heterocycles. The summed E-state index contributed by atoms with van der Waals surface area (Å²) in [5.74, 6) is 0.370. The molecule has 0 fully saturated rings. The number of thiophene rings is 1. The Morgan fingerprint density at radius 3 is 2.03 bits per heavy atom. The molecule has 9 aromatic carbocycles. The Hall–Kier alpha value is -7.20. The van der Waals surface area contributed by atoms with Crippen molar-refractivity contribution in [1.82, 2.24) is 0 Å². The molecule has 0 bridgehead atoms. The molecule has 2 aliphatic carbocycles. The van der Waals surface area contributed by atoms with Crippen molar-refractivity contribution in [3.63, 3.8) is 0 Å². The number of nitrogens with zero attached hydrogens (tertiary/aromatic N) is 1. The van der Waals surface area contributed by atoms with Gasteiger partial charge in [0.05, 0.1) is 5.69 Å². The van der Waals surface area contributed by atoms with Gasteiger partial charge in [0.15, 0.2) is 0 Å². The number of anilines is 3. The van der Waals surface area contributed by atoms with E-state index in [2.05, 4.69) is 199 Å². The van der Waals surface area contributed by atoms with Crippen LogP contribution in [0.1, 0.15) is 22.6 Å². The third kappa shape index (κ3) is 4.92. The zero-order valence-electron chi connectivity index (χ0n) is 32.0.